The third-order valence-corrected chi connectivity index (χ3v) is 6.06. The summed E-state index contributed by atoms with van der Waals surface area (Å²) in [6.45, 7) is 2.01. The van der Waals surface area contributed by atoms with Crippen molar-refractivity contribution in [2.75, 3.05) is 5.32 Å². The molecule has 0 fully saturated rings. The van der Waals surface area contributed by atoms with Gasteiger partial charge in [-0.2, -0.15) is 5.26 Å². The second kappa shape index (κ2) is 7.87. The van der Waals surface area contributed by atoms with Crippen LogP contribution in [0, 0.1) is 18.3 Å². The smallest absolute Gasteiger partial charge is 0.256 e. The van der Waals surface area contributed by atoms with Crippen LogP contribution in [0.25, 0.3) is 0 Å². The van der Waals surface area contributed by atoms with E-state index in [2.05, 4.69) is 11.4 Å². The van der Waals surface area contributed by atoms with Gasteiger partial charge in [-0.25, -0.2) is 0 Å². The molecule has 1 aliphatic carbocycles. The summed E-state index contributed by atoms with van der Waals surface area (Å²) in [5.41, 5.74) is 3.41. The number of carbonyl (C=O) groups excluding carboxylic acids is 1. The van der Waals surface area contributed by atoms with Crippen LogP contribution in [0.15, 0.2) is 48.5 Å². The number of benzene rings is 2. The van der Waals surface area contributed by atoms with Gasteiger partial charge in [-0.05, 0) is 80.1 Å². The van der Waals surface area contributed by atoms with Gasteiger partial charge in [0.2, 0.25) is 0 Å². The summed E-state index contributed by atoms with van der Waals surface area (Å²) in [7, 11) is 0. The van der Waals surface area contributed by atoms with E-state index < -0.39 is 0 Å². The van der Waals surface area contributed by atoms with Crippen LogP contribution in [0.2, 0.25) is 0 Å². The summed E-state index contributed by atoms with van der Waals surface area (Å²) in [4.78, 5) is 13.9. The quantitative estimate of drug-likeness (QED) is 0.610. The van der Waals surface area contributed by atoms with E-state index in [1.165, 1.54) is 16.2 Å². The zero-order valence-corrected chi connectivity index (χ0v) is 16.4. The molecule has 5 heteroatoms. The lowest BCUT2D eigenvalue weighted by Gasteiger charge is -2.09. The molecule has 4 nitrogen and oxygen atoms in total. The van der Waals surface area contributed by atoms with Crippen LogP contribution in [0.5, 0.6) is 11.5 Å². The summed E-state index contributed by atoms with van der Waals surface area (Å²) < 4.78 is 5.83. The zero-order valence-electron chi connectivity index (χ0n) is 15.6. The largest absolute Gasteiger partial charge is 0.457 e. The van der Waals surface area contributed by atoms with Crippen LogP contribution >= 0.6 is 11.3 Å². The van der Waals surface area contributed by atoms with E-state index in [9.17, 15) is 10.1 Å². The number of thiophene rings is 1. The third-order valence-electron chi connectivity index (χ3n) is 4.85. The van der Waals surface area contributed by atoms with Crippen LogP contribution in [0.3, 0.4) is 0 Å². The highest BCUT2D eigenvalue weighted by atomic mass is 32.1. The molecule has 1 N–H and O–H groups in total. The molecule has 4 rings (SSSR count). The number of carbonyl (C=O) groups is 1. The highest BCUT2D eigenvalue weighted by molar-refractivity contribution is 7.16. The lowest BCUT2D eigenvalue weighted by molar-refractivity contribution is 0.102. The van der Waals surface area contributed by atoms with Gasteiger partial charge in [-0.15, -0.1) is 11.3 Å². The topological polar surface area (TPSA) is 62.1 Å². The van der Waals surface area contributed by atoms with Gasteiger partial charge in [0.15, 0.2) is 0 Å². The molecule has 0 saturated carbocycles. The van der Waals surface area contributed by atoms with Crippen molar-refractivity contribution >= 4 is 22.2 Å². The number of nitrogens with one attached hydrogen (secondary N) is 1. The van der Waals surface area contributed by atoms with E-state index >= 15 is 0 Å². The molecule has 0 spiro atoms. The fraction of sp³-hybridized carbons (Fsp3) is 0.217. The van der Waals surface area contributed by atoms with Gasteiger partial charge >= 0.3 is 0 Å². The molecule has 0 saturated heterocycles. The molecule has 28 heavy (non-hydrogen) atoms. The average molecular weight is 388 g/mol. The Morgan fingerprint density at radius 2 is 1.89 bits per heavy atom. The van der Waals surface area contributed by atoms with Crippen LogP contribution in [-0.2, 0) is 12.8 Å². The number of ether oxygens (including phenoxy) is 1. The van der Waals surface area contributed by atoms with Crippen molar-refractivity contribution in [2.24, 2.45) is 0 Å². The van der Waals surface area contributed by atoms with Crippen molar-refractivity contribution in [3.8, 4) is 17.6 Å². The first-order valence-electron chi connectivity index (χ1n) is 9.34. The number of rotatable bonds is 4. The maximum Gasteiger partial charge on any atom is 0.256 e. The van der Waals surface area contributed by atoms with E-state index in [1.54, 1.807) is 24.3 Å². The normalized spacial score (nSPS) is 12.7. The van der Waals surface area contributed by atoms with Crippen LogP contribution < -0.4 is 10.1 Å². The van der Waals surface area contributed by atoms with Crippen molar-refractivity contribution in [3.05, 3.63) is 75.7 Å². The molecular formula is C23H20N2O2S. The Morgan fingerprint density at radius 3 is 2.64 bits per heavy atom. The fourth-order valence-corrected chi connectivity index (χ4v) is 4.67. The Labute approximate surface area is 168 Å². The lowest BCUT2D eigenvalue weighted by atomic mass is 9.96. The monoisotopic (exact) mass is 388 g/mol. The van der Waals surface area contributed by atoms with Crippen molar-refractivity contribution in [1.29, 1.82) is 5.26 Å². The molecule has 1 heterocycles. The molecule has 0 unspecified atom stereocenters. The van der Waals surface area contributed by atoms with Gasteiger partial charge in [-0.1, -0.05) is 12.1 Å². The number of hydrogen-bond acceptors (Lipinski definition) is 4. The highest BCUT2D eigenvalue weighted by Crippen LogP contribution is 2.37. The molecule has 0 radical (unpaired) electrons. The van der Waals surface area contributed by atoms with E-state index in [-0.39, 0.29) is 5.91 Å². The zero-order chi connectivity index (χ0) is 19.5. The summed E-state index contributed by atoms with van der Waals surface area (Å²) in [6.07, 6.45) is 4.17. The summed E-state index contributed by atoms with van der Waals surface area (Å²) in [5, 5.41) is 13.1. The van der Waals surface area contributed by atoms with Gasteiger partial charge in [-0.3, -0.25) is 4.79 Å². The SMILES string of the molecule is Cc1cccc(Oc2ccc(C(=O)Nc3sc4c(c3C#N)CCCC4)cc2)c1. The molecule has 0 aliphatic heterocycles. The first-order chi connectivity index (χ1) is 13.6. The second-order valence-corrected chi connectivity index (χ2v) is 8.03. The van der Waals surface area contributed by atoms with Gasteiger partial charge in [0.1, 0.15) is 22.6 Å². The fourth-order valence-electron chi connectivity index (χ4n) is 3.44. The van der Waals surface area contributed by atoms with E-state index in [4.69, 9.17) is 4.74 Å². The Hall–Kier alpha value is -3.10. The number of amides is 1. The maximum absolute atomic E-state index is 12.7. The predicted molar refractivity (Wildman–Crippen MR) is 111 cm³/mol. The van der Waals surface area contributed by atoms with E-state index in [0.29, 0.717) is 21.9 Å². The van der Waals surface area contributed by atoms with Crippen LogP contribution in [-0.4, -0.2) is 5.91 Å². The summed E-state index contributed by atoms with van der Waals surface area (Å²) in [5.74, 6) is 1.23. The molecule has 3 aromatic rings. The molecule has 1 aromatic heterocycles. The third kappa shape index (κ3) is 3.78. The Kier molecular flexibility index (Phi) is 5.14. The van der Waals surface area contributed by atoms with Gasteiger partial charge in [0.05, 0.1) is 5.56 Å². The summed E-state index contributed by atoms with van der Waals surface area (Å²) >= 11 is 1.54. The minimum absolute atomic E-state index is 0.211. The number of nitriles is 1. The van der Waals surface area contributed by atoms with Crippen molar-refractivity contribution in [3.63, 3.8) is 0 Å². The molecule has 1 amide bonds. The van der Waals surface area contributed by atoms with Gasteiger partial charge < -0.3 is 10.1 Å². The molecule has 0 atom stereocenters. The molecule has 2 aromatic carbocycles. The maximum atomic E-state index is 12.7. The van der Waals surface area contributed by atoms with E-state index in [0.717, 1.165) is 42.6 Å². The van der Waals surface area contributed by atoms with E-state index in [1.807, 2.05) is 31.2 Å². The predicted octanol–water partition coefficient (Wildman–Crippen LogP) is 5.85. The Bertz CT molecular complexity index is 1060. The Balaban J connectivity index is 1.48. The number of fused-ring (bicyclic) bond motifs is 1. The number of anilines is 1. The average Bonchev–Trinajstić information content (AvgIpc) is 3.05. The highest BCUT2D eigenvalue weighted by Gasteiger charge is 2.22. The minimum atomic E-state index is -0.211. The lowest BCUT2D eigenvalue weighted by Crippen LogP contribution is -2.11. The van der Waals surface area contributed by atoms with Crippen LogP contribution in [0.4, 0.5) is 5.00 Å². The Morgan fingerprint density at radius 1 is 1.11 bits per heavy atom. The number of aryl methyl sites for hydroxylation is 2. The van der Waals surface area contributed by atoms with Crippen molar-refractivity contribution in [1.82, 2.24) is 0 Å². The molecule has 0 bridgehead atoms. The standard InChI is InChI=1S/C23H20N2O2S/c1-15-5-4-6-18(13-15)27-17-11-9-16(10-12-17)22(26)25-23-20(14-24)19-7-2-3-8-21(19)28-23/h4-6,9-13H,2-3,7-8H2,1H3,(H,25,26). The minimum Gasteiger partial charge on any atom is -0.457 e. The first kappa shape index (κ1) is 18.3. The van der Waals surface area contributed by atoms with Gasteiger partial charge in [0, 0.05) is 10.4 Å². The first-order valence-corrected chi connectivity index (χ1v) is 10.2. The molecular weight excluding hydrogens is 368 g/mol. The van der Waals surface area contributed by atoms with Crippen molar-refractivity contribution < 1.29 is 9.53 Å². The molecule has 1 aliphatic rings. The second-order valence-electron chi connectivity index (χ2n) is 6.92. The van der Waals surface area contributed by atoms with Crippen molar-refractivity contribution in [2.45, 2.75) is 32.6 Å². The number of hydrogen-bond donors (Lipinski definition) is 1. The number of nitrogens with zero attached hydrogens (tertiary/aromatic N) is 1. The van der Waals surface area contributed by atoms with Crippen LogP contribution in [0.1, 0.15) is 44.8 Å². The summed E-state index contributed by atoms with van der Waals surface area (Å²) in [6, 6.07) is 17.1. The van der Waals surface area contributed by atoms with Gasteiger partial charge in [0.25, 0.3) is 5.91 Å². The molecule has 140 valence electrons.